The molecule has 1 heterocycles. The van der Waals surface area contributed by atoms with Crippen molar-refractivity contribution in [2.45, 2.75) is 65.5 Å². The summed E-state index contributed by atoms with van der Waals surface area (Å²) >= 11 is 1.78. The average Bonchev–Trinajstić information content (AvgIpc) is 2.89. The molecule has 2 nitrogen and oxygen atoms in total. The van der Waals surface area contributed by atoms with Crippen LogP contribution in [0.4, 0.5) is 0 Å². The molecular weight excluding hydrogens is 252 g/mol. The van der Waals surface area contributed by atoms with Crippen molar-refractivity contribution in [2.24, 2.45) is 17.8 Å². The summed E-state index contributed by atoms with van der Waals surface area (Å²) in [6.45, 7) is 9.41. The van der Waals surface area contributed by atoms with Crippen molar-refractivity contribution < 1.29 is 0 Å². The van der Waals surface area contributed by atoms with Gasteiger partial charge in [-0.1, -0.05) is 34.1 Å². The zero-order chi connectivity index (χ0) is 13.8. The van der Waals surface area contributed by atoms with Gasteiger partial charge in [0.05, 0.1) is 6.04 Å². The zero-order valence-corrected chi connectivity index (χ0v) is 13.5. The van der Waals surface area contributed by atoms with E-state index >= 15 is 0 Å². The van der Waals surface area contributed by atoms with E-state index in [2.05, 4.69) is 43.4 Å². The molecule has 19 heavy (non-hydrogen) atoms. The molecule has 2 rings (SSSR count). The summed E-state index contributed by atoms with van der Waals surface area (Å²) in [5, 5.41) is 7.26. The van der Waals surface area contributed by atoms with E-state index < -0.39 is 0 Å². The maximum atomic E-state index is 4.50. The lowest BCUT2D eigenvalue weighted by molar-refractivity contribution is 0.158. The molecule has 3 heteroatoms. The van der Waals surface area contributed by atoms with E-state index in [1.54, 1.807) is 11.3 Å². The average molecular weight is 280 g/mol. The van der Waals surface area contributed by atoms with Crippen LogP contribution in [0.1, 0.15) is 64.4 Å². The highest BCUT2D eigenvalue weighted by Gasteiger charge is 2.32. The van der Waals surface area contributed by atoms with Gasteiger partial charge < -0.3 is 5.32 Å². The normalized spacial score (nSPS) is 29.6. The quantitative estimate of drug-likeness (QED) is 0.849. The second-order valence-corrected chi connectivity index (χ2v) is 7.36. The Morgan fingerprint density at radius 1 is 1.42 bits per heavy atom. The molecule has 0 spiro atoms. The Morgan fingerprint density at radius 2 is 2.21 bits per heavy atom. The van der Waals surface area contributed by atoms with Gasteiger partial charge in [-0.2, -0.15) is 0 Å². The minimum atomic E-state index is 0.441. The summed E-state index contributed by atoms with van der Waals surface area (Å²) in [6, 6.07) is 1.11. The predicted octanol–water partition coefficient (Wildman–Crippen LogP) is 4.64. The van der Waals surface area contributed by atoms with Crippen molar-refractivity contribution in [1.82, 2.24) is 10.3 Å². The summed E-state index contributed by atoms with van der Waals surface area (Å²) in [5.74, 6) is 2.46. The van der Waals surface area contributed by atoms with E-state index in [1.165, 1.54) is 24.3 Å². The van der Waals surface area contributed by atoms with Gasteiger partial charge in [0, 0.05) is 17.6 Å². The van der Waals surface area contributed by atoms with E-state index in [4.69, 9.17) is 0 Å². The molecule has 0 radical (unpaired) electrons. The molecule has 108 valence electrons. The Kier molecular flexibility index (Phi) is 5.40. The standard InChI is InChI=1S/C16H28N2S/c1-5-14(16-17-8-9-19-16)18-15-10-12(4)6-7-13(15)11(2)3/h8-9,11-15,18H,5-7,10H2,1-4H3. The van der Waals surface area contributed by atoms with Gasteiger partial charge in [-0.3, -0.25) is 0 Å². The van der Waals surface area contributed by atoms with Crippen molar-refractivity contribution in [2.75, 3.05) is 0 Å². The zero-order valence-electron chi connectivity index (χ0n) is 12.7. The molecule has 1 aromatic rings. The van der Waals surface area contributed by atoms with E-state index in [9.17, 15) is 0 Å². The van der Waals surface area contributed by atoms with Crippen LogP contribution in [-0.2, 0) is 0 Å². The molecule has 1 aliphatic carbocycles. The number of nitrogens with one attached hydrogen (secondary N) is 1. The maximum Gasteiger partial charge on any atom is 0.109 e. The predicted molar refractivity (Wildman–Crippen MR) is 83.4 cm³/mol. The van der Waals surface area contributed by atoms with Crippen molar-refractivity contribution in [1.29, 1.82) is 0 Å². The van der Waals surface area contributed by atoms with Crippen molar-refractivity contribution in [3.63, 3.8) is 0 Å². The first kappa shape index (κ1) is 15.0. The van der Waals surface area contributed by atoms with Crippen LogP contribution in [0.3, 0.4) is 0 Å². The fourth-order valence-electron chi connectivity index (χ4n) is 3.42. The Labute approximate surface area is 122 Å². The highest BCUT2D eigenvalue weighted by Crippen LogP contribution is 2.35. The van der Waals surface area contributed by atoms with Crippen molar-refractivity contribution in [3.8, 4) is 0 Å². The summed E-state index contributed by atoms with van der Waals surface area (Å²) < 4.78 is 0. The Morgan fingerprint density at radius 3 is 2.79 bits per heavy atom. The Hall–Kier alpha value is -0.410. The third kappa shape index (κ3) is 3.79. The van der Waals surface area contributed by atoms with Crippen LogP contribution in [-0.4, -0.2) is 11.0 Å². The van der Waals surface area contributed by atoms with E-state index in [0.29, 0.717) is 12.1 Å². The van der Waals surface area contributed by atoms with Crippen LogP contribution in [0.5, 0.6) is 0 Å². The second-order valence-electron chi connectivity index (χ2n) is 6.43. The maximum absolute atomic E-state index is 4.50. The Bertz CT molecular complexity index is 361. The van der Waals surface area contributed by atoms with Gasteiger partial charge >= 0.3 is 0 Å². The van der Waals surface area contributed by atoms with Gasteiger partial charge in [0.1, 0.15) is 5.01 Å². The van der Waals surface area contributed by atoms with Crippen LogP contribution in [0, 0.1) is 17.8 Å². The van der Waals surface area contributed by atoms with Gasteiger partial charge in [-0.25, -0.2) is 4.98 Å². The number of rotatable bonds is 5. The monoisotopic (exact) mass is 280 g/mol. The molecule has 0 bridgehead atoms. The Balaban J connectivity index is 2.05. The van der Waals surface area contributed by atoms with Gasteiger partial charge in [0.2, 0.25) is 0 Å². The first-order valence-corrected chi connectivity index (χ1v) is 8.65. The van der Waals surface area contributed by atoms with Crippen LogP contribution >= 0.6 is 11.3 Å². The molecule has 0 amide bonds. The number of hydrogen-bond donors (Lipinski definition) is 1. The van der Waals surface area contributed by atoms with Crippen molar-refractivity contribution >= 4 is 11.3 Å². The van der Waals surface area contributed by atoms with Crippen LogP contribution < -0.4 is 5.32 Å². The van der Waals surface area contributed by atoms with Crippen LogP contribution in [0.15, 0.2) is 11.6 Å². The molecule has 1 aliphatic rings. The molecule has 1 fully saturated rings. The number of nitrogens with zero attached hydrogens (tertiary/aromatic N) is 1. The lowest BCUT2D eigenvalue weighted by atomic mass is 9.74. The molecule has 4 unspecified atom stereocenters. The molecule has 1 aromatic heterocycles. The smallest absolute Gasteiger partial charge is 0.109 e. The lowest BCUT2D eigenvalue weighted by Crippen LogP contribution is -2.44. The van der Waals surface area contributed by atoms with E-state index in [-0.39, 0.29) is 0 Å². The first-order valence-electron chi connectivity index (χ1n) is 7.77. The number of aromatic nitrogens is 1. The molecule has 1 saturated carbocycles. The van der Waals surface area contributed by atoms with Crippen molar-refractivity contribution in [3.05, 3.63) is 16.6 Å². The SMILES string of the molecule is CCC(NC1CC(C)CCC1C(C)C)c1nccs1. The summed E-state index contributed by atoms with van der Waals surface area (Å²) in [7, 11) is 0. The fourth-order valence-corrected chi connectivity index (χ4v) is 4.20. The summed E-state index contributed by atoms with van der Waals surface area (Å²) in [4.78, 5) is 4.50. The first-order chi connectivity index (χ1) is 9.11. The van der Waals surface area contributed by atoms with E-state index in [1.807, 2.05) is 6.20 Å². The minimum Gasteiger partial charge on any atom is -0.305 e. The highest BCUT2D eigenvalue weighted by atomic mass is 32.1. The molecule has 0 aromatic carbocycles. The number of hydrogen-bond acceptors (Lipinski definition) is 3. The second kappa shape index (κ2) is 6.85. The molecule has 1 N–H and O–H groups in total. The van der Waals surface area contributed by atoms with Gasteiger partial charge in [-0.05, 0) is 37.0 Å². The highest BCUT2D eigenvalue weighted by molar-refractivity contribution is 7.09. The molecular formula is C16H28N2S. The van der Waals surface area contributed by atoms with Gasteiger partial charge in [0.15, 0.2) is 0 Å². The molecule has 0 saturated heterocycles. The van der Waals surface area contributed by atoms with E-state index in [0.717, 1.165) is 24.2 Å². The van der Waals surface area contributed by atoms with Gasteiger partial charge in [-0.15, -0.1) is 11.3 Å². The summed E-state index contributed by atoms with van der Waals surface area (Å²) in [6.07, 6.45) is 7.15. The topological polar surface area (TPSA) is 24.9 Å². The third-order valence-corrected chi connectivity index (χ3v) is 5.48. The summed E-state index contributed by atoms with van der Waals surface area (Å²) in [5.41, 5.74) is 0. The molecule has 4 atom stereocenters. The minimum absolute atomic E-state index is 0.441. The van der Waals surface area contributed by atoms with Gasteiger partial charge in [0.25, 0.3) is 0 Å². The largest absolute Gasteiger partial charge is 0.305 e. The molecule has 0 aliphatic heterocycles. The lowest BCUT2D eigenvalue weighted by Gasteiger charge is -2.39. The van der Waals surface area contributed by atoms with Crippen LogP contribution in [0.2, 0.25) is 0 Å². The third-order valence-electron chi connectivity index (χ3n) is 4.60. The fraction of sp³-hybridized carbons (Fsp3) is 0.812. The van der Waals surface area contributed by atoms with Crippen LogP contribution in [0.25, 0.3) is 0 Å². The number of thiazole rings is 1.